The summed E-state index contributed by atoms with van der Waals surface area (Å²) in [7, 11) is 0. The maximum Gasteiger partial charge on any atom is 0.190 e. The molecule has 0 bridgehead atoms. The van der Waals surface area contributed by atoms with Crippen LogP contribution in [0, 0.1) is 0 Å². The maximum absolute atomic E-state index is 12.1. The van der Waals surface area contributed by atoms with E-state index in [2.05, 4.69) is 6.92 Å². The molecular weight excluding hydrogens is 224 g/mol. The van der Waals surface area contributed by atoms with E-state index >= 15 is 0 Å². The summed E-state index contributed by atoms with van der Waals surface area (Å²) in [5.74, 6) is 0.733. The van der Waals surface area contributed by atoms with Crippen molar-refractivity contribution in [1.82, 2.24) is 0 Å². The van der Waals surface area contributed by atoms with Crippen molar-refractivity contribution >= 4 is 22.3 Å². The SMILES string of the molecule is CCCOC1=CC(=O)c2cccc3cccc1c23. The predicted molar refractivity (Wildman–Crippen MR) is 72.5 cm³/mol. The highest BCUT2D eigenvalue weighted by molar-refractivity contribution is 6.21. The standard InChI is InChI=1S/C16H14O2/c1-2-9-18-15-10-14(17)12-7-3-5-11-6-4-8-13(15)16(11)12/h3-8,10H,2,9H2,1H3. The minimum absolute atomic E-state index is 0.0328. The summed E-state index contributed by atoms with van der Waals surface area (Å²) in [5.41, 5.74) is 1.79. The third kappa shape index (κ3) is 1.61. The van der Waals surface area contributed by atoms with Gasteiger partial charge in [-0.15, -0.1) is 0 Å². The highest BCUT2D eigenvalue weighted by atomic mass is 16.5. The minimum Gasteiger partial charge on any atom is -0.493 e. The van der Waals surface area contributed by atoms with E-state index in [0.29, 0.717) is 12.4 Å². The molecule has 0 fully saturated rings. The number of ether oxygens (including phenoxy) is 1. The first-order valence-corrected chi connectivity index (χ1v) is 6.22. The van der Waals surface area contributed by atoms with Gasteiger partial charge in [0.05, 0.1) is 6.61 Å². The minimum atomic E-state index is 0.0328. The number of ketones is 1. The quantitative estimate of drug-likeness (QED) is 0.812. The molecule has 18 heavy (non-hydrogen) atoms. The second-order valence-electron chi connectivity index (χ2n) is 4.43. The van der Waals surface area contributed by atoms with Crippen LogP contribution in [0.1, 0.15) is 29.3 Å². The fourth-order valence-corrected chi connectivity index (χ4v) is 2.36. The summed E-state index contributed by atoms with van der Waals surface area (Å²) in [6.07, 6.45) is 2.54. The van der Waals surface area contributed by atoms with E-state index in [9.17, 15) is 4.79 Å². The number of benzene rings is 2. The molecule has 0 radical (unpaired) electrons. The molecule has 3 rings (SSSR count). The van der Waals surface area contributed by atoms with Gasteiger partial charge in [0.1, 0.15) is 5.76 Å². The Labute approximate surface area is 106 Å². The van der Waals surface area contributed by atoms with Gasteiger partial charge in [-0.3, -0.25) is 4.79 Å². The molecule has 0 aromatic heterocycles. The fraction of sp³-hybridized carbons (Fsp3) is 0.188. The van der Waals surface area contributed by atoms with Crippen molar-refractivity contribution in [3.05, 3.63) is 53.6 Å². The normalized spacial score (nSPS) is 13.6. The molecule has 2 aromatic rings. The van der Waals surface area contributed by atoms with Crippen LogP contribution in [0.2, 0.25) is 0 Å². The molecule has 0 saturated carbocycles. The Kier molecular flexibility index (Phi) is 2.63. The molecule has 0 unspecified atom stereocenters. The fourth-order valence-electron chi connectivity index (χ4n) is 2.36. The van der Waals surface area contributed by atoms with Crippen molar-refractivity contribution in [3.63, 3.8) is 0 Å². The molecule has 0 aliphatic heterocycles. The summed E-state index contributed by atoms with van der Waals surface area (Å²) in [4.78, 5) is 12.1. The second-order valence-corrected chi connectivity index (χ2v) is 4.43. The van der Waals surface area contributed by atoms with Gasteiger partial charge in [0.25, 0.3) is 0 Å². The number of hydrogen-bond donors (Lipinski definition) is 0. The zero-order valence-corrected chi connectivity index (χ0v) is 10.3. The summed E-state index contributed by atoms with van der Waals surface area (Å²) in [6, 6.07) is 11.9. The van der Waals surface area contributed by atoms with E-state index in [1.807, 2.05) is 36.4 Å². The number of hydrogen-bond acceptors (Lipinski definition) is 2. The van der Waals surface area contributed by atoms with Gasteiger partial charge in [-0.25, -0.2) is 0 Å². The van der Waals surface area contributed by atoms with Crippen molar-refractivity contribution in [2.75, 3.05) is 6.61 Å². The topological polar surface area (TPSA) is 26.3 Å². The molecule has 0 heterocycles. The van der Waals surface area contributed by atoms with Gasteiger partial charge < -0.3 is 4.74 Å². The molecule has 0 atom stereocenters. The highest BCUT2D eigenvalue weighted by Crippen LogP contribution is 2.33. The molecule has 2 heteroatoms. The summed E-state index contributed by atoms with van der Waals surface area (Å²) in [6.45, 7) is 2.69. The molecule has 0 amide bonds. The molecule has 0 N–H and O–H groups in total. The summed E-state index contributed by atoms with van der Waals surface area (Å²) in [5, 5.41) is 2.10. The van der Waals surface area contributed by atoms with Gasteiger partial charge in [0.2, 0.25) is 0 Å². The van der Waals surface area contributed by atoms with Crippen molar-refractivity contribution in [2.24, 2.45) is 0 Å². The van der Waals surface area contributed by atoms with Crippen molar-refractivity contribution in [3.8, 4) is 0 Å². The smallest absolute Gasteiger partial charge is 0.190 e. The van der Waals surface area contributed by atoms with Crippen LogP contribution in [-0.2, 0) is 4.74 Å². The van der Waals surface area contributed by atoms with Gasteiger partial charge in [-0.1, -0.05) is 43.3 Å². The van der Waals surface area contributed by atoms with Crippen LogP contribution in [0.3, 0.4) is 0 Å². The second kappa shape index (κ2) is 4.30. The third-order valence-corrected chi connectivity index (χ3v) is 3.16. The van der Waals surface area contributed by atoms with E-state index in [1.54, 1.807) is 6.08 Å². The lowest BCUT2D eigenvalue weighted by atomic mass is 9.91. The highest BCUT2D eigenvalue weighted by Gasteiger charge is 2.20. The molecule has 90 valence electrons. The first-order chi connectivity index (χ1) is 8.81. The maximum atomic E-state index is 12.1. The lowest BCUT2D eigenvalue weighted by Gasteiger charge is -2.18. The number of rotatable bonds is 3. The van der Waals surface area contributed by atoms with Gasteiger partial charge in [-0.05, 0) is 11.8 Å². The largest absolute Gasteiger partial charge is 0.493 e. The summed E-state index contributed by atoms with van der Waals surface area (Å²) >= 11 is 0. The monoisotopic (exact) mass is 238 g/mol. The molecule has 0 spiro atoms. The van der Waals surface area contributed by atoms with Crippen LogP contribution in [0.25, 0.3) is 16.5 Å². The lowest BCUT2D eigenvalue weighted by molar-refractivity contribution is 0.104. The average Bonchev–Trinajstić information content (AvgIpc) is 2.41. The van der Waals surface area contributed by atoms with E-state index in [-0.39, 0.29) is 5.78 Å². The van der Waals surface area contributed by atoms with E-state index in [0.717, 1.165) is 28.3 Å². The first-order valence-electron chi connectivity index (χ1n) is 6.22. The van der Waals surface area contributed by atoms with Gasteiger partial charge in [-0.2, -0.15) is 0 Å². The van der Waals surface area contributed by atoms with Crippen LogP contribution < -0.4 is 0 Å². The van der Waals surface area contributed by atoms with E-state index in [1.165, 1.54) is 0 Å². The Morgan fingerprint density at radius 2 is 1.78 bits per heavy atom. The van der Waals surface area contributed by atoms with Crippen molar-refractivity contribution in [1.29, 1.82) is 0 Å². The molecular formula is C16H14O2. The summed E-state index contributed by atoms with van der Waals surface area (Å²) < 4.78 is 5.69. The zero-order valence-electron chi connectivity index (χ0n) is 10.3. The Morgan fingerprint density at radius 3 is 2.50 bits per heavy atom. The first kappa shape index (κ1) is 11.0. The van der Waals surface area contributed by atoms with Gasteiger partial charge in [0.15, 0.2) is 5.78 Å². The Balaban J connectivity index is 2.23. The zero-order chi connectivity index (χ0) is 12.5. The van der Waals surface area contributed by atoms with Crippen LogP contribution in [0.4, 0.5) is 0 Å². The van der Waals surface area contributed by atoms with Gasteiger partial charge >= 0.3 is 0 Å². The van der Waals surface area contributed by atoms with Crippen LogP contribution in [0.15, 0.2) is 42.5 Å². The Hall–Kier alpha value is -2.09. The Bertz CT molecular complexity index is 648. The number of carbonyl (C=O) groups is 1. The number of allylic oxidation sites excluding steroid dienone is 1. The van der Waals surface area contributed by atoms with Gasteiger partial charge in [0, 0.05) is 22.6 Å². The lowest BCUT2D eigenvalue weighted by Crippen LogP contribution is -2.07. The molecule has 1 aliphatic carbocycles. The predicted octanol–water partition coefficient (Wildman–Crippen LogP) is 3.80. The van der Waals surface area contributed by atoms with Crippen LogP contribution in [-0.4, -0.2) is 12.4 Å². The molecule has 0 saturated heterocycles. The van der Waals surface area contributed by atoms with Crippen molar-refractivity contribution < 1.29 is 9.53 Å². The van der Waals surface area contributed by atoms with Crippen molar-refractivity contribution in [2.45, 2.75) is 13.3 Å². The number of carbonyl (C=O) groups excluding carboxylic acids is 1. The third-order valence-electron chi connectivity index (χ3n) is 3.16. The van der Waals surface area contributed by atoms with Crippen LogP contribution >= 0.6 is 0 Å². The molecule has 2 aromatic carbocycles. The van der Waals surface area contributed by atoms with Crippen LogP contribution in [0.5, 0.6) is 0 Å². The Morgan fingerprint density at radius 1 is 1.06 bits per heavy atom. The average molecular weight is 238 g/mol. The van der Waals surface area contributed by atoms with E-state index < -0.39 is 0 Å². The van der Waals surface area contributed by atoms with E-state index in [4.69, 9.17) is 4.74 Å². The molecule has 2 nitrogen and oxygen atoms in total. The molecule has 1 aliphatic rings.